The maximum Gasteiger partial charge on any atom is 0.123 e. The number of aryl methyl sites for hydroxylation is 2. The van der Waals surface area contributed by atoms with E-state index in [0.29, 0.717) is 6.54 Å². The number of hydrogen-bond acceptors (Lipinski definition) is 1. The SMILES string of the molecule is Cc1ccc(C)c(C(CCN)c2ccc(F)cc2)c1. The molecule has 100 valence electrons. The highest BCUT2D eigenvalue weighted by Crippen LogP contribution is 2.30. The van der Waals surface area contributed by atoms with E-state index < -0.39 is 0 Å². The van der Waals surface area contributed by atoms with Gasteiger partial charge >= 0.3 is 0 Å². The Bertz CT molecular complexity index is 546. The topological polar surface area (TPSA) is 26.0 Å². The van der Waals surface area contributed by atoms with Gasteiger partial charge in [0.1, 0.15) is 5.82 Å². The summed E-state index contributed by atoms with van der Waals surface area (Å²) in [5.74, 6) is 0.0433. The summed E-state index contributed by atoms with van der Waals surface area (Å²) in [6.45, 7) is 4.82. The summed E-state index contributed by atoms with van der Waals surface area (Å²) in [6, 6.07) is 13.2. The van der Waals surface area contributed by atoms with Crippen LogP contribution in [0.15, 0.2) is 42.5 Å². The average Bonchev–Trinajstić information content (AvgIpc) is 2.40. The lowest BCUT2D eigenvalue weighted by atomic mass is 9.85. The molecule has 0 bridgehead atoms. The smallest absolute Gasteiger partial charge is 0.123 e. The van der Waals surface area contributed by atoms with Crippen molar-refractivity contribution >= 4 is 0 Å². The minimum absolute atomic E-state index is 0.198. The summed E-state index contributed by atoms with van der Waals surface area (Å²) >= 11 is 0. The van der Waals surface area contributed by atoms with Crippen molar-refractivity contribution in [2.24, 2.45) is 5.73 Å². The fraction of sp³-hybridized carbons (Fsp3) is 0.294. The zero-order valence-corrected chi connectivity index (χ0v) is 11.5. The van der Waals surface area contributed by atoms with Gasteiger partial charge in [-0.15, -0.1) is 0 Å². The molecule has 1 unspecified atom stereocenters. The van der Waals surface area contributed by atoms with Gasteiger partial charge in [-0.3, -0.25) is 0 Å². The highest BCUT2D eigenvalue weighted by atomic mass is 19.1. The van der Waals surface area contributed by atoms with E-state index in [9.17, 15) is 4.39 Å². The molecular formula is C17H20FN. The maximum absolute atomic E-state index is 13.1. The highest BCUT2D eigenvalue weighted by Gasteiger charge is 2.15. The van der Waals surface area contributed by atoms with E-state index in [1.807, 2.05) is 12.1 Å². The summed E-state index contributed by atoms with van der Waals surface area (Å²) in [6.07, 6.45) is 0.871. The molecule has 0 aliphatic heterocycles. The van der Waals surface area contributed by atoms with Crippen LogP contribution in [0.4, 0.5) is 4.39 Å². The van der Waals surface area contributed by atoms with Gasteiger partial charge in [0.2, 0.25) is 0 Å². The van der Waals surface area contributed by atoms with Crippen LogP contribution in [0, 0.1) is 19.7 Å². The average molecular weight is 257 g/mol. The Balaban J connectivity index is 2.44. The van der Waals surface area contributed by atoms with Crippen LogP contribution in [0.3, 0.4) is 0 Å². The van der Waals surface area contributed by atoms with Crippen LogP contribution in [0.1, 0.15) is 34.6 Å². The summed E-state index contributed by atoms with van der Waals surface area (Å²) in [5.41, 5.74) is 10.7. The molecule has 2 rings (SSSR count). The van der Waals surface area contributed by atoms with Crippen molar-refractivity contribution in [3.63, 3.8) is 0 Å². The lowest BCUT2D eigenvalue weighted by molar-refractivity contribution is 0.625. The Labute approximate surface area is 114 Å². The maximum atomic E-state index is 13.1. The Morgan fingerprint density at radius 2 is 1.74 bits per heavy atom. The van der Waals surface area contributed by atoms with Crippen molar-refractivity contribution in [3.8, 4) is 0 Å². The first kappa shape index (κ1) is 13.8. The van der Waals surface area contributed by atoms with Crippen LogP contribution < -0.4 is 5.73 Å². The van der Waals surface area contributed by atoms with Crippen LogP contribution in [0.25, 0.3) is 0 Å². The second-order valence-electron chi connectivity index (χ2n) is 5.04. The van der Waals surface area contributed by atoms with Gasteiger partial charge in [-0.1, -0.05) is 35.9 Å². The Morgan fingerprint density at radius 1 is 1.05 bits per heavy atom. The van der Waals surface area contributed by atoms with Gasteiger partial charge in [0.15, 0.2) is 0 Å². The van der Waals surface area contributed by atoms with Gasteiger partial charge in [0.05, 0.1) is 0 Å². The molecule has 2 heteroatoms. The van der Waals surface area contributed by atoms with Crippen LogP contribution in [0.5, 0.6) is 0 Å². The number of benzene rings is 2. The molecule has 0 heterocycles. The number of halogens is 1. The lowest BCUT2D eigenvalue weighted by Crippen LogP contribution is -2.10. The zero-order valence-electron chi connectivity index (χ0n) is 11.5. The van der Waals surface area contributed by atoms with Gasteiger partial charge in [-0.25, -0.2) is 4.39 Å². The van der Waals surface area contributed by atoms with Crippen LogP contribution >= 0.6 is 0 Å². The van der Waals surface area contributed by atoms with Crippen LogP contribution in [-0.2, 0) is 0 Å². The molecule has 2 N–H and O–H groups in total. The number of nitrogens with two attached hydrogens (primary N) is 1. The van der Waals surface area contributed by atoms with Crippen molar-refractivity contribution in [2.45, 2.75) is 26.2 Å². The highest BCUT2D eigenvalue weighted by molar-refractivity contribution is 5.39. The molecule has 1 atom stereocenters. The van der Waals surface area contributed by atoms with Gasteiger partial charge in [-0.05, 0) is 55.6 Å². The summed E-state index contributed by atoms with van der Waals surface area (Å²) in [7, 11) is 0. The molecule has 1 nitrogen and oxygen atoms in total. The van der Waals surface area contributed by atoms with Crippen LogP contribution in [-0.4, -0.2) is 6.54 Å². The Morgan fingerprint density at radius 3 is 2.37 bits per heavy atom. The number of hydrogen-bond donors (Lipinski definition) is 1. The first-order valence-electron chi connectivity index (χ1n) is 6.64. The molecule has 0 aliphatic rings. The Kier molecular flexibility index (Phi) is 4.33. The third kappa shape index (κ3) is 3.21. The second kappa shape index (κ2) is 5.98. The fourth-order valence-electron chi connectivity index (χ4n) is 2.50. The third-order valence-electron chi connectivity index (χ3n) is 3.54. The molecule has 2 aromatic rings. The lowest BCUT2D eigenvalue weighted by Gasteiger charge is -2.20. The third-order valence-corrected chi connectivity index (χ3v) is 3.54. The van der Waals surface area contributed by atoms with E-state index in [4.69, 9.17) is 5.73 Å². The first-order valence-corrected chi connectivity index (χ1v) is 6.64. The molecule has 2 aromatic carbocycles. The minimum Gasteiger partial charge on any atom is -0.330 e. The fourth-order valence-corrected chi connectivity index (χ4v) is 2.50. The van der Waals surface area contributed by atoms with E-state index >= 15 is 0 Å². The molecule has 0 fully saturated rings. The van der Waals surface area contributed by atoms with Gasteiger partial charge < -0.3 is 5.73 Å². The molecule has 0 aromatic heterocycles. The van der Waals surface area contributed by atoms with Crippen molar-refractivity contribution in [3.05, 3.63) is 70.5 Å². The first-order chi connectivity index (χ1) is 9.11. The molecule has 0 radical (unpaired) electrons. The standard InChI is InChI=1S/C17H20FN/c1-12-3-4-13(2)17(11-12)16(9-10-19)14-5-7-15(18)8-6-14/h3-8,11,16H,9-10,19H2,1-2H3. The van der Waals surface area contributed by atoms with E-state index in [1.165, 1.54) is 28.8 Å². The van der Waals surface area contributed by atoms with Crippen molar-refractivity contribution in [2.75, 3.05) is 6.54 Å². The summed E-state index contributed by atoms with van der Waals surface area (Å²) < 4.78 is 13.1. The number of rotatable bonds is 4. The predicted octanol–water partition coefficient (Wildman–Crippen LogP) is 3.92. The van der Waals surface area contributed by atoms with Crippen molar-refractivity contribution in [1.29, 1.82) is 0 Å². The van der Waals surface area contributed by atoms with Crippen molar-refractivity contribution in [1.82, 2.24) is 0 Å². The monoisotopic (exact) mass is 257 g/mol. The molecule has 0 spiro atoms. The van der Waals surface area contributed by atoms with E-state index in [1.54, 1.807) is 0 Å². The molecule has 0 aliphatic carbocycles. The molecule has 0 saturated carbocycles. The van der Waals surface area contributed by atoms with E-state index in [-0.39, 0.29) is 11.7 Å². The Hall–Kier alpha value is -1.67. The van der Waals surface area contributed by atoms with E-state index in [2.05, 4.69) is 32.0 Å². The molecular weight excluding hydrogens is 237 g/mol. The van der Waals surface area contributed by atoms with Gasteiger partial charge in [0, 0.05) is 5.92 Å². The predicted molar refractivity (Wildman–Crippen MR) is 77.8 cm³/mol. The quantitative estimate of drug-likeness (QED) is 0.882. The largest absolute Gasteiger partial charge is 0.330 e. The normalized spacial score (nSPS) is 12.4. The molecule has 0 saturated heterocycles. The van der Waals surface area contributed by atoms with Crippen molar-refractivity contribution < 1.29 is 4.39 Å². The molecule has 0 amide bonds. The minimum atomic E-state index is -0.198. The van der Waals surface area contributed by atoms with Gasteiger partial charge in [-0.2, -0.15) is 0 Å². The van der Waals surface area contributed by atoms with Gasteiger partial charge in [0.25, 0.3) is 0 Å². The second-order valence-corrected chi connectivity index (χ2v) is 5.04. The zero-order chi connectivity index (χ0) is 13.8. The van der Waals surface area contributed by atoms with Crippen LogP contribution in [0.2, 0.25) is 0 Å². The molecule has 19 heavy (non-hydrogen) atoms. The summed E-state index contributed by atoms with van der Waals surface area (Å²) in [4.78, 5) is 0. The summed E-state index contributed by atoms with van der Waals surface area (Å²) in [5, 5.41) is 0. The van der Waals surface area contributed by atoms with E-state index in [0.717, 1.165) is 12.0 Å².